The maximum atomic E-state index is 13.1. The van der Waals surface area contributed by atoms with Crippen LogP contribution in [0.4, 0.5) is 0 Å². The minimum atomic E-state index is -0.642. The van der Waals surface area contributed by atoms with Crippen molar-refractivity contribution in [1.29, 1.82) is 0 Å². The Morgan fingerprint density at radius 2 is 1.90 bits per heavy atom. The van der Waals surface area contributed by atoms with Crippen LogP contribution in [0.25, 0.3) is 0 Å². The first-order valence-electron chi connectivity index (χ1n) is 10.7. The van der Waals surface area contributed by atoms with Gasteiger partial charge in [-0.05, 0) is 36.1 Å². The molecule has 2 N–H and O–H groups in total. The average molecular weight is 424 g/mol. The number of ketones is 1. The molecule has 1 heterocycles. The summed E-state index contributed by atoms with van der Waals surface area (Å²) < 4.78 is 5.67. The standard InChI is InChI=1S/C25H29NO5/c1-2-14-26-23(19-10-6-11-20(17-19)31-16-7-15-27)22(24(29)25(26)30)21(28)13-12-18-8-4-3-5-9-18/h3-6,8-11,17,23,27,29H,2,7,12-16H2,1H3. The molecule has 31 heavy (non-hydrogen) atoms. The highest BCUT2D eigenvalue weighted by atomic mass is 16.5. The molecule has 1 atom stereocenters. The molecule has 0 bridgehead atoms. The smallest absolute Gasteiger partial charge is 0.290 e. The van der Waals surface area contributed by atoms with E-state index in [9.17, 15) is 14.7 Å². The van der Waals surface area contributed by atoms with E-state index in [1.165, 1.54) is 0 Å². The highest BCUT2D eigenvalue weighted by Crippen LogP contribution is 2.39. The number of aliphatic hydroxyl groups excluding tert-OH is 2. The van der Waals surface area contributed by atoms with Crippen molar-refractivity contribution >= 4 is 11.7 Å². The van der Waals surface area contributed by atoms with Crippen LogP contribution in [0.1, 0.15) is 43.4 Å². The third-order valence-electron chi connectivity index (χ3n) is 5.30. The second-order valence-corrected chi connectivity index (χ2v) is 7.57. The van der Waals surface area contributed by atoms with Crippen molar-refractivity contribution in [2.24, 2.45) is 0 Å². The monoisotopic (exact) mass is 423 g/mol. The molecule has 6 heteroatoms. The predicted molar refractivity (Wildman–Crippen MR) is 118 cm³/mol. The zero-order valence-electron chi connectivity index (χ0n) is 17.8. The Bertz CT molecular complexity index is 938. The van der Waals surface area contributed by atoms with Gasteiger partial charge in [0.2, 0.25) is 0 Å². The molecule has 0 spiro atoms. The number of nitrogens with zero attached hydrogens (tertiary/aromatic N) is 1. The Labute approximate surface area is 182 Å². The number of carbonyl (C=O) groups is 2. The lowest BCUT2D eigenvalue weighted by atomic mass is 9.93. The molecule has 0 aliphatic carbocycles. The molecule has 1 amide bonds. The number of carbonyl (C=O) groups excluding carboxylic acids is 2. The van der Waals surface area contributed by atoms with Crippen molar-refractivity contribution < 1.29 is 24.5 Å². The van der Waals surface area contributed by atoms with Crippen LogP contribution >= 0.6 is 0 Å². The maximum absolute atomic E-state index is 13.1. The molecular weight excluding hydrogens is 394 g/mol. The van der Waals surface area contributed by atoms with Gasteiger partial charge >= 0.3 is 0 Å². The van der Waals surface area contributed by atoms with Crippen LogP contribution < -0.4 is 4.74 Å². The molecule has 3 rings (SSSR count). The molecule has 0 radical (unpaired) electrons. The minimum absolute atomic E-state index is 0.0395. The van der Waals surface area contributed by atoms with Gasteiger partial charge in [0.25, 0.3) is 5.91 Å². The van der Waals surface area contributed by atoms with E-state index in [-0.39, 0.29) is 24.4 Å². The lowest BCUT2D eigenvalue weighted by Gasteiger charge is -2.26. The number of aryl methyl sites for hydroxylation is 1. The summed E-state index contributed by atoms with van der Waals surface area (Å²) in [5, 5.41) is 19.6. The van der Waals surface area contributed by atoms with E-state index in [2.05, 4.69) is 0 Å². The van der Waals surface area contributed by atoms with E-state index in [1.54, 1.807) is 23.1 Å². The number of rotatable bonds is 11. The Hall–Kier alpha value is -3.12. The SMILES string of the molecule is CCCN1C(=O)C(O)=C(C(=O)CCc2ccccc2)C1c1cccc(OCCCO)c1. The van der Waals surface area contributed by atoms with Gasteiger partial charge in [0, 0.05) is 26.0 Å². The Morgan fingerprint density at radius 3 is 2.61 bits per heavy atom. The Morgan fingerprint density at radius 1 is 1.13 bits per heavy atom. The molecule has 0 saturated carbocycles. The van der Waals surface area contributed by atoms with Crippen molar-refractivity contribution in [2.75, 3.05) is 19.8 Å². The second kappa shape index (κ2) is 10.8. The molecule has 1 aliphatic heterocycles. The second-order valence-electron chi connectivity index (χ2n) is 7.57. The molecule has 164 valence electrons. The van der Waals surface area contributed by atoms with E-state index >= 15 is 0 Å². The summed E-state index contributed by atoms with van der Waals surface area (Å²) in [6.45, 7) is 2.79. The summed E-state index contributed by atoms with van der Waals surface area (Å²) in [5.74, 6) is -0.605. The van der Waals surface area contributed by atoms with E-state index in [0.29, 0.717) is 38.2 Å². The number of benzene rings is 2. The first-order chi connectivity index (χ1) is 15.1. The number of aliphatic hydroxyl groups is 2. The Kier molecular flexibility index (Phi) is 7.84. The quantitative estimate of drug-likeness (QED) is 0.538. The normalized spacial score (nSPS) is 16.1. The summed E-state index contributed by atoms with van der Waals surface area (Å²) in [6.07, 6.45) is 1.96. The van der Waals surface area contributed by atoms with Crippen LogP contribution in [0.3, 0.4) is 0 Å². The average Bonchev–Trinajstić information content (AvgIpc) is 3.04. The topological polar surface area (TPSA) is 87.1 Å². The van der Waals surface area contributed by atoms with Crippen LogP contribution in [-0.2, 0) is 16.0 Å². The highest BCUT2D eigenvalue weighted by molar-refractivity contribution is 6.09. The van der Waals surface area contributed by atoms with E-state index in [4.69, 9.17) is 9.84 Å². The molecule has 1 aliphatic rings. The number of amides is 1. The molecule has 2 aromatic carbocycles. The van der Waals surface area contributed by atoms with Gasteiger partial charge in [-0.2, -0.15) is 0 Å². The van der Waals surface area contributed by atoms with E-state index in [0.717, 1.165) is 11.1 Å². The van der Waals surface area contributed by atoms with Gasteiger partial charge in [-0.25, -0.2) is 0 Å². The summed E-state index contributed by atoms with van der Waals surface area (Å²) >= 11 is 0. The molecule has 6 nitrogen and oxygen atoms in total. The van der Waals surface area contributed by atoms with Crippen molar-refractivity contribution in [3.8, 4) is 5.75 Å². The van der Waals surface area contributed by atoms with Crippen molar-refractivity contribution in [1.82, 2.24) is 4.90 Å². The van der Waals surface area contributed by atoms with Gasteiger partial charge in [-0.1, -0.05) is 49.4 Å². The zero-order chi connectivity index (χ0) is 22.2. The van der Waals surface area contributed by atoms with Crippen molar-refractivity contribution in [3.63, 3.8) is 0 Å². The fourth-order valence-corrected chi connectivity index (χ4v) is 3.82. The van der Waals surface area contributed by atoms with Gasteiger partial charge < -0.3 is 19.8 Å². The van der Waals surface area contributed by atoms with Crippen LogP contribution in [0.2, 0.25) is 0 Å². The minimum Gasteiger partial charge on any atom is -0.503 e. The summed E-state index contributed by atoms with van der Waals surface area (Å²) in [5.41, 5.74) is 1.90. The van der Waals surface area contributed by atoms with Crippen molar-refractivity contribution in [2.45, 2.75) is 38.6 Å². The third kappa shape index (κ3) is 5.33. The van der Waals surface area contributed by atoms with E-state index < -0.39 is 17.7 Å². The van der Waals surface area contributed by atoms with Gasteiger partial charge in [0.1, 0.15) is 5.75 Å². The first kappa shape index (κ1) is 22.6. The third-order valence-corrected chi connectivity index (χ3v) is 5.30. The molecule has 0 fully saturated rings. The fourth-order valence-electron chi connectivity index (χ4n) is 3.82. The largest absolute Gasteiger partial charge is 0.503 e. The molecule has 0 saturated heterocycles. The lowest BCUT2D eigenvalue weighted by molar-refractivity contribution is -0.129. The van der Waals surface area contributed by atoms with Crippen LogP contribution in [0.15, 0.2) is 65.9 Å². The number of hydrogen-bond donors (Lipinski definition) is 2. The number of hydrogen-bond acceptors (Lipinski definition) is 5. The molecular formula is C25H29NO5. The van der Waals surface area contributed by atoms with Gasteiger partial charge in [0.15, 0.2) is 11.5 Å². The molecule has 0 aromatic heterocycles. The van der Waals surface area contributed by atoms with Crippen LogP contribution in [0, 0.1) is 0 Å². The first-order valence-corrected chi connectivity index (χ1v) is 10.7. The van der Waals surface area contributed by atoms with Crippen LogP contribution in [-0.4, -0.2) is 46.6 Å². The van der Waals surface area contributed by atoms with Gasteiger partial charge in [-0.15, -0.1) is 0 Å². The van der Waals surface area contributed by atoms with E-state index in [1.807, 2.05) is 43.3 Å². The number of ether oxygens (including phenoxy) is 1. The van der Waals surface area contributed by atoms with Gasteiger partial charge in [0.05, 0.1) is 18.2 Å². The predicted octanol–water partition coefficient (Wildman–Crippen LogP) is 3.76. The number of Topliss-reactive ketones (excluding diaryl/α,β-unsaturated/α-hetero) is 1. The summed E-state index contributed by atoms with van der Waals surface area (Å²) in [7, 11) is 0. The fraction of sp³-hybridized carbons (Fsp3) is 0.360. The van der Waals surface area contributed by atoms with Gasteiger partial charge in [-0.3, -0.25) is 9.59 Å². The molecule has 2 aromatic rings. The molecule has 1 unspecified atom stereocenters. The summed E-state index contributed by atoms with van der Waals surface area (Å²) in [4.78, 5) is 27.5. The lowest BCUT2D eigenvalue weighted by Crippen LogP contribution is -2.31. The summed E-state index contributed by atoms with van der Waals surface area (Å²) in [6, 6.07) is 16.3. The van der Waals surface area contributed by atoms with Crippen molar-refractivity contribution in [3.05, 3.63) is 77.1 Å². The Balaban J connectivity index is 1.87. The zero-order valence-corrected chi connectivity index (χ0v) is 17.8. The highest BCUT2D eigenvalue weighted by Gasteiger charge is 2.42. The van der Waals surface area contributed by atoms with Crippen LogP contribution in [0.5, 0.6) is 5.75 Å². The maximum Gasteiger partial charge on any atom is 0.290 e.